The van der Waals surface area contributed by atoms with Gasteiger partial charge in [0.25, 0.3) is 0 Å². The van der Waals surface area contributed by atoms with Crippen LogP contribution in [0.15, 0.2) is 205 Å². The highest BCUT2D eigenvalue weighted by molar-refractivity contribution is 6.30. The molecule has 0 saturated carbocycles. The van der Waals surface area contributed by atoms with E-state index in [-0.39, 0.29) is 0 Å². The lowest BCUT2D eigenvalue weighted by Crippen LogP contribution is -2.03. The van der Waals surface area contributed by atoms with Gasteiger partial charge in [-0.3, -0.25) is 0 Å². The number of aromatic nitrogens is 5. The van der Waals surface area contributed by atoms with Gasteiger partial charge >= 0.3 is 0 Å². The number of fused-ring (bicyclic) bond motifs is 12. The maximum atomic E-state index is 6.98. The largest absolute Gasteiger partial charge is 0.455 e. The zero-order valence-corrected chi connectivity index (χ0v) is 36.5. The summed E-state index contributed by atoms with van der Waals surface area (Å²) in [6.45, 7) is 0. The van der Waals surface area contributed by atoms with Crippen LogP contribution in [0.4, 0.5) is 0 Å². The third-order valence-corrected chi connectivity index (χ3v) is 13.8. The third kappa shape index (κ3) is 5.92. The Kier molecular flexibility index (Phi) is 8.43. The summed E-state index contributed by atoms with van der Waals surface area (Å²) in [7, 11) is 0. The molecule has 0 aliphatic heterocycles. The molecule has 4 aromatic heterocycles. The minimum atomic E-state index is 0.633. The molecular formula is C61H41N5O. The number of hydrogen-bond acceptors (Lipinski definition) is 4. The van der Waals surface area contributed by atoms with Crippen LogP contribution in [0.2, 0.25) is 0 Å². The molecule has 0 atom stereocenters. The van der Waals surface area contributed by atoms with Crippen molar-refractivity contribution in [3.05, 3.63) is 206 Å². The van der Waals surface area contributed by atoms with Crippen LogP contribution in [0.3, 0.4) is 0 Å². The lowest BCUT2D eigenvalue weighted by atomic mass is 9.96. The quantitative estimate of drug-likeness (QED) is 0.167. The molecule has 0 radical (unpaired) electrons. The van der Waals surface area contributed by atoms with Crippen LogP contribution < -0.4 is 0 Å². The molecule has 14 rings (SSSR count). The van der Waals surface area contributed by atoms with E-state index < -0.39 is 0 Å². The molecular weight excluding hydrogens is 819 g/mol. The second kappa shape index (κ2) is 15.0. The second-order valence-electron chi connectivity index (χ2n) is 17.7. The molecule has 6 nitrogen and oxygen atoms in total. The molecule has 0 amide bonds. The highest BCUT2D eigenvalue weighted by Crippen LogP contribution is 2.48. The van der Waals surface area contributed by atoms with Crippen molar-refractivity contribution in [2.75, 3.05) is 0 Å². The van der Waals surface area contributed by atoms with Gasteiger partial charge < -0.3 is 13.6 Å². The Morgan fingerprint density at radius 1 is 0.478 bits per heavy atom. The van der Waals surface area contributed by atoms with E-state index in [4.69, 9.17) is 19.4 Å². The molecule has 12 aromatic rings. The standard InChI is InChI=1S/C61H41N5O/c1-4-18-39(19-5-1)59-62-60(40-20-6-2-7-21-40)64-61(63-59)42-23-16-22-41(35-42)49-37-51-47-28-13-15-30-54(47)67-58(51)55-48-33-31-38-17-10-11-26-45(38)56(48)66(57(49)55)44-32-34-53-50(36-44)46-27-12-14-29-52(46)65(53)43-24-8-3-9-25-43/h1,3-6,8,10-24,26-37H,2,7,9,25H2. The van der Waals surface area contributed by atoms with E-state index in [1.54, 1.807) is 0 Å². The molecule has 316 valence electrons. The lowest BCUT2D eigenvalue weighted by Gasteiger charge is -2.16. The molecule has 0 fully saturated rings. The fourth-order valence-corrected chi connectivity index (χ4v) is 10.8. The van der Waals surface area contributed by atoms with Crippen LogP contribution in [0.25, 0.3) is 127 Å². The summed E-state index contributed by atoms with van der Waals surface area (Å²) in [6.07, 6.45) is 17.3. The van der Waals surface area contributed by atoms with Gasteiger partial charge in [-0.25, -0.2) is 15.0 Å². The van der Waals surface area contributed by atoms with Crippen molar-refractivity contribution in [1.29, 1.82) is 0 Å². The van der Waals surface area contributed by atoms with E-state index in [1.807, 2.05) is 18.2 Å². The van der Waals surface area contributed by atoms with Crippen LogP contribution in [0, 0.1) is 0 Å². The van der Waals surface area contributed by atoms with Gasteiger partial charge in [-0.2, -0.15) is 0 Å². The SMILES string of the molecule is C1=CCCC(n2c3ccccc3c3cc(-n4c5c(-c6cccc(-c7nc(C8=CCCC=C8)nc(-c8ccccc8)n7)c6)cc6c7ccccc7oc6c5c5ccc6ccccc6c54)ccc32)=C1. The van der Waals surface area contributed by atoms with E-state index in [0.717, 1.165) is 103 Å². The normalized spacial score (nSPS) is 14.1. The molecule has 0 saturated heterocycles. The fraction of sp³-hybridized carbons (Fsp3) is 0.0656. The first-order valence-corrected chi connectivity index (χ1v) is 23.2. The van der Waals surface area contributed by atoms with Gasteiger partial charge in [-0.1, -0.05) is 152 Å². The summed E-state index contributed by atoms with van der Waals surface area (Å²) in [5.41, 5.74) is 13.8. The van der Waals surface area contributed by atoms with Crippen molar-refractivity contribution < 1.29 is 4.42 Å². The van der Waals surface area contributed by atoms with Gasteiger partial charge in [0.05, 0.1) is 27.5 Å². The Hall–Kier alpha value is -8.61. The van der Waals surface area contributed by atoms with Crippen LogP contribution in [0.5, 0.6) is 0 Å². The molecule has 67 heavy (non-hydrogen) atoms. The van der Waals surface area contributed by atoms with Gasteiger partial charge in [-0.15, -0.1) is 0 Å². The molecule has 2 aliphatic carbocycles. The Morgan fingerprint density at radius 2 is 1.24 bits per heavy atom. The maximum Gasteiger partial charge on any atom is 0.164 e. The number of rotatable bonds is 6. The first-order chi connectivity index (χ1) is 33.2. The van der Waals surface area contributed by atoms with Crippen LogP contribution in [-0.4, -0.2) is 24.1 Å². The Labute approximate surface area is 385 Å². The Bertz CT molecular complexity index is 4160. The van der Waals surface area contributed by atoms with E-state index in [1.165, 1.54) is 38.3 Å². The predicted molar refractivity (Wildman–Crippen MR) is 277 cm³/mol. The Balaban J connectivity index is 1.08. The second-order valence-corrected chi connectivity index (χ2v) is 17.7. The van der Waals surface area contributed by atoms with Crippen molar-refractivity contribution in [3.8, 4) is 39.6 Å². The van der Waals surface area contributed by atoms with Gasteiger partial charge in [0.1, 0.15) is 11.2 Å². The molecule has 4 heterocycles. The van der Waals surface area contributed by atoms with Gasteiger partial charge in [-0.05, 0) is 85.2 Å². The molecule has 8 aromatic carbocycles. The molecule has 6 heteroatoms. The first kappa shape index (κ1) is 37.7. The van der Waals surface area contributed by atoms with Crippen molar-refractivity contribution in [1.82, 2.24) is 24.1 Å². The lowest BCUT2D eigenvalue weighted by molar-refractivity contribution is 0.673. The molecule has 0 N–H and O–H groups in total. The van der Waals surface area contributed by atoms with Gasteiger partial charge in [0.2, 0.25) is 0 Å². The number of para-hydroxylation sites is 2. The summed E-state index contributed by atoms with van der Waals surface area (Å²) >= 11 is 0. The van der Waals surface area contributed by atoms with E-state index in [0.29, 0.717) is 17.5 Å². The highest BCUT2D eigenvalue weighted by Gasteiger charge is 2.26. The zero-order chi connectivity index (χ0) is 44.0. The number of hydrogen-bond donors (Lipinski definition) is 0. The smallest absolute Gasteiger partial charge is 0.164 e. The summed E-state index contributed by atoms with van der Waals surface area (Å²) in [5, 5.41) is 9.20. The van der Waals surface area contributed by atoms with Gasteiger partial charge in [0.15, 0.2) is 17.5 Å². The maximum absolute atomic E-state index is 6.98. The fourth-order valence-electron chi connectivity index (χ4n) is 10.8. The molecule has 2 aliphatic rings. The highest BCUT2D eigenvalue weighted by atomic mass is 16.3. The van der Waals surface area contributed by atoms with Crippen LogP contribution in [-0.2, 0) is 0 Å². The summed E-state index contributed by atoms with van der Waals surface area (Å²) < 4.78 is 11.9. The number of nitrogens with zero attached hydrogens (tertiary/aromatic N) is 5. The molecule has 0 unspecified atom stereocenters. The minimum Gasteiger partial charge on any atom is -0.455 e. The van der Waals surface area contributed by atoms with Crippen molar-refractivity contribution >= 4 is 87.6 Å². The van der Waals surface area contributed by atoms with Crippen molar-refractivity contribution in [3.63, 3.8) is 0 Å². The predicted octanol–water partition coefficient (Wildman–Crippen LogP) is 16.1. The van der Waals surface area contributed by atoms with Gasteiger partial charge in [0, 0.05) is 66.0 Å². The van der Waals surface area contributed by atoms with Crippen molar-refractivity contribution in [2.24, 2.45) is 0 Å². The first-order valence-electron chi connectivity index (χ1n) is 23.2. The monoisotopic (exact) mass is 859 g/mol. The summed E-state index contributed by atoms with van der Waals surface area (Å²) in [6, 6.07) is 58.9. The summed E-state index contributed by atoms with van der Waals surface area (Å²) in [5.74, 6) is 1.96. The van der Waals surface area contributed by atoms with Crippen LogP contribution >= 0.6 is 0 Å². The average Bonchev–Trinajstić information content (AvgIpc) is 4.07. The van der Waals surface area contributed by atoms with Crippen molar-refractivity contribution in [2.45, 2.75) is 25.7 Å². The van der Waals surface area contributed by atoms with Crippen LogP contribution in [0.1, 0.15) is 31.5 Å². The molecule has 0 spiro atoms. The molecule has 0 bridgehead atoms. The third-order valence-electron chi connectivity index (χ3n) is 13.8. The number of allylic oxidation sites excluding steroid dienone is 8. The number of benzene rings is 8. The average molecular weight is 860 g/mol. The zero-order valence-electron chi connectivity index (χ0n) is 36.5. The minimum absolute atomic E-state index is 0.633. The summed E-state index contributed by atoms with van der Waals surface area (Å²) in [4.78, 5) is 15.4. The topological polar surface area (TPSA) is 61.7 Å². The van der Waals surface area contributed by atoms with E-state index in [2.05, 4.69) is 191 Å². The Morgan fingerprint density at radius 3 is 2.10 bits per heavy atom. The number of furan rings is 1. The van der Waals surface area contributed by atoms with E-state index >= 15 is 0 Å². The van der Waals surface area contributed by atoms with E-state index in [9.17, 15) is 0 Å².